The monoisotopic (exact) mass is 268 g/mol. The van der Waals surface area contributed by atoms with Gasteiger partial charge in [0.15, 0.2) is 0 Å². The van der Waals surface area contributed by atoms with E-state index >= 15 is 0 Å². The molecule has 2 aromatic rings. The predicted molar refractivity (Wildman–Crippen MR) is 83.8 cm³/mol. The average Bonchev–Trinajstić information content (AvgIpc) is 2.95. The standard InChI is InChI=1S/C18H24N2/c1-2-18(19)16-10-11-20(13-16)12-15-8-5-7-14-6-3-4-9-17(14)15/h3-4,6,9-11,13,15,18H,2,5,7-8,12,19H2,1H3. The fourth-order valence-corrected chi connectivity index (χ4v) is 3.33. The average molecular weight is 268 g/mol. The first-order valence-electron chi connectivity index (χ1n) is 7.77. The van der Waals surface area contributed by atoms with Gasteiger partial charge in [-0.25, -0.2) is 0 Å². The smallest absolute Gasteiger partial charge is 0.0307 e. The molecule has 0 aliphatic heterocycles. The molecule has 2 heteroatoms. The summed E-state index contributed by atoms with van der Waals surface area (Å²) in [6.45, 7) is 3.22. The van der Waals surface area contributed by atoms with Gasteiger partial charge in [-0.3, -0.25) is 0 Å². The van der Waals surface area contributed by atoms with Gasteiger partial charge in [0.25, 0.3) is 0 Å². The number of nitrogens with zero attached hydrogens (tertiary/aromatic N) is 1. The van der Waals surface area contributed by atoms with E-state index in [-0.39, 0.29) is 6.04 Å². The quantitative estimate of drug-likeness (QED) is 0.892. The van der Waals surface area contributed by atoms with Gasteiger partial charge in [-0.2, -0.15) is 0 Å². The zero-order valence-corrected chi connectivity index (χ0v) is 12.3. The Hall–Kier alpha value is -1.54. The molecule has 2 N–H and O–H groups in total. The van der Waals surface area contributed by atoms with E-state index in [0.29, 0.717) is 5.92 Å². The third-order valence-corrected chi connectivity index (χ3v) is 4.57. The Morgan fingerprint density at radius 1 is 1.30 bits per heavy atom. The Labute approximate surface area is 121 Å². The molecular weight excluding hydrogens is 244 g/mol. The zero-order chi connectivity index (χ0) is 13.9. The van der Waals surface area contributed by atoms with Gasteiger partial charge in [-0.05, 0) is 48.4 Å². The van der Waals surface area contributed by atoms with Gasteiger partial charge in [0, 0.05) is 30.9 Å². The summed E-state index contributed by atoms with van der Waals surface area (Å²) in [6.07, 6.45) is 9.25. The van der Waals surface area contributed by atoms with Crippen molar-refractivity contribution in [1.29, 1.82) is 0 Å². The lowest BCUT2D eigenvalue weighted by Crippen LogP contribution is -2.15. The Morgan fingerprint density at radius 2 is 2.15 bits per heavy atom. The molecule has 0 fully saturated rings. The second kappa shape index (κ2) is 5.84. The summed E-state index contributed by atoms with van der Waals surface area (Å²) >= 11 is 0. The Morgan fingerprint density at radius 3 is 3.00 bits per heavy atom. The Balaban J connectivity index is 1.77. The van der Waals surface area contributed by atoms with Crippen LogP contribution < -0.4 is 5.73 Å². The van der Waals surface area contributed by atoms with Crippen LogP contribution in [0.3, 0.4) is 0 Å². The van der Waals surface area contributed by atoms with E-state index in [4.69, 9.17) is 5.73 Å². The predicted octanol–water partition coefficient (Wildman–Crippen LogP) is 4.02. The first-order valence-corrected chi connectivity index (χ1v) is 7.77. The van der Waals surface area contributed by atoms with Crippen LogP contribution in [-0.2, 0) is 13.0 Å². The van der Waals surface area contributed by atoms with E-state index in [1.54, 1.807) is 11.1 Å². The molecule has 1 heterocycles. The van der Waals surface area contributed by atoms with Crippen molar-refractivity contribution < 1.29 is 0 Å². The first kappa shape index (κ1) is 13.4. The van der Waals surface area contributed by atoms with E-state index in [1.165, 1.54) is 24.8 Å². The van der Waals surface area contributed by atoms with Crippen LogP contribution in [0.1, 0.15) is 54.8 Å². The first-order chi connectivity index (χ1) is 9.78. The maximum Gasteiger partial charge on any atom is 0.0307 e. The molecule has 20 heavy (non-hydrogen) atoms. The van der Waals surface area contributed by atoms with Crippen molar-refractivity contribution in [3.05, 3.63) is 59.4 Å². The summed E-state index contributed by atoms with van der Waals surface area (Å²) in [5, 5.41) is 0. The van der Waals surface area contributed by atoms with Crippen LogP contribution in [0.15, 0.2) is 42.7 Å². The number of rotatable bonds is 4. The molecule has 1 aliphatic rings. The molecule has 2 nitrogen and oxygen atoms in total. The van der Waals surface area contributed by atoms with Crippen LogP contribution in [0.5, 0.6) is 0 Å². The lowest BCUT2D eigenvalue weighted by Gasteiger charge is -2.25. The molecule has 2 atom stereocenters. The topological polar surface area (TPSA) is 30.9 Å². The summed E-state index contributed by atoms with van der Waals surface area (Å²) < 4.78 is 2.32. The molecule has 0 spiro atoms. The summed E-state index contributed by atoms with van der Waals surface area (Å²) in [7, 11) is 0. The normalized spacial score (nSPS) is 19.6. The molecule has 0 radical (unpaired) electrons. The summed E-state index contributed by atoms with van der Waals surface area (Å²) in [5.41, 5.74) is 10.5. The van der Waals surface area contributed by atoms with Gasteiger partial charge in [-0.15, -0.1) is 0 Å². The molecule has 106 valence electrons. The molecule has 1 aromatic heterocycles. The van der Waals surface area contributed by atoms with Crippen LogP contribution in [0.4, 0.5) is 0 Å². The highest BCUT2D eigenvalue weighted by Crippen LogP contribution is 2.32. The summed E-state index contributed by atoms with van der Waals surface area (Å²) in [4.78, 5) is 0. The third kappa shape index (κ3) is 2.66. The van der Waals surface area contributed by atoms with E-state index < -0.39 is 0 Å². The van der Waals surface area contributed by atoms with Crippen LogP contribution >= 0.6 is 0 Å². The minimum atomic E-state index is 0.176. The number of fused-ring (bicyclic) bond motifs is 1. The molecule has 0 bridgehead atoms. The number of hydrogen-bond donors (Lipinski definition) is 1. The summed E-state index contributed by atoms with van der Waals surface area (Å²) in [6, 6.07) is 11.3. The molecule has 3 rings (SSSR count). The lowest BCUT2D eigenvalue weighted by molar-refractivity contribution is 0.483. The molecule has 0 saturated heterocycles. The van der Waals surface area contributed by atoms with Gasteiger partial charge >= 0.3 is 0 Å². The Kier molecular flexibility index (Phi) is 3.93. The van der Waals surface area contributed by atoms with Gasteiger partial charge < -0.3 is 10.3 Å². The number of hydrogen-bond acceptors (Lipinski definition) is 1. The van der Waals surface area contributed by atoms with Gasteiger partial charge in [-0.1, -0.05) is 31.2 Å². The largest absolute Gasteiger partial charge is 0.353 e. The van der Waals surface area contributed by atoms with Crippen LogP contribution in [0.25, 0.3) is 0 Å². The van der Waals surface area contributed by atoms with Crippen molar-refractivity contribution in [1.82, 2.24) is 4.57 Å². The van der Waals surface area contributed by atoms with Crippen molar-refractivity contribution >= 4 is 0 Å². The van der Waals surface area contributed by atoms with Gasteiger partial charge in [0.05, 0.1) is 0 Å². The van der Waals surface area contributed by atoms with E-state index in [2.05, 4.69) is 54.2 Å². The number of aromatic nitrogens is 1. The highest BCUT2D eigenvalue weighted by atomic mass is 14.9. The van der Waals surface area contributed by atoms with Crippen molar-refractivity contribution in [2.75, 3.05) is 0 Å². The number of benzene rings is 1. The maximum atomic E-state index is 6.10. The second-order valence-corrected chi connectivity index (χ2v) is 5.94. The molecule has 1 aromatic carbocycles. The number of aryl methyl sites for hydroxylation is 1. The molecular formula is C18H24N2. The highest BCUT2D eigenvalue weighted by molar-refractivity contribution is 5.32. The minimum Gasteiger partial charge on any atom is -0.353 e. The summed E-state index contributed by atoms with van der Waals surface area (Å²) in [5.74, 6) is 0.651. The van der Waals surface area contributed by atoms with Crippen molar-refractivity contribution in [2.45, 2.75) is 51.1 Å². The van der Waals surface area contributed by atoms with Crippen LogP contribution in [0.2, 0.25) is 0 Å². The highest BCUT2D eigenvalue weighted by Gasteiger charge is 2.20. The fourth-order valence-electron chi connectivity index (χ4n) is 3.33. The van der Waals surface area contributed by atoms with E-state index in [1.807, 2.05) is 0 Å². The van der Waals surface area contributed by atoms with Crippen LogP contribution in [-0.4, -0.2) is 4.57 Å². The molecule has 1 aliphatic carbocycles. The fraction of sp³-hybridized carbons (Fsp3) is 0.444. The number of nitrogens with two attached hydrogens (primary N) is 1. The molecule has 0 saturated carbocycles. The second-order valence-electron chi connectivity index (χ2n) is 5.94. The molecule has 0 amide bonds. The Bertz CT molecular complexity index is 570. The third-order valence-electron chi connectivity index (χ3n) is 4.57. The molecule has 2 unspecified atom stereocenters. The SMILES string of the molecule is CCC(N)c1ccn(CC2CCCc3ccccc32)c1. The lowest BCUT2D eigenvalue weighted by atomic mass is 9.83. The van der Waals surface area contributed by atoms with Gasteiger partial charge in [0.2, 0.25) is 0 Å². The maximum absolute atomic E-state index is 6.10. The van der Waals surface area contributed by atoms with Crippen LogP contribution in [0, 0.1) is 0 Å². The zero-order valence-electron chi connectivity index (χ0n) is 12.3. The van der Waals surface area contributed by atoms with Gasteiger partial charge in [0.1, 0.15) is 0 Å². The van der Waals surface area contributed by atoms with Crippen molar-refractivity contribution in [2.24, 2.45) is 5.73 Å². The minimum absolute atomic E-state index is 0.176. The van der Waals surface area contributed by atoms with Crippen molar-refractivity contribution in [3.8, 4) is 0 Å². The van der Waals surface area contributed by atoms with E-state index in [9.17, 15) is 0 Å². The van der Waals surface area contributed by atoms with E-state index in [0.717, 1.165) is 13.0 Å². The van der Waals surface area contributed by atoms with Crippen molar-refractivity contribution in [3.63, 3.8) is 0 Å².